The monoisotopic (exact) mass is 423 g/mol. The van der Waals surface area contributed by atoms with E-state index in [1.165, 1.54) is 0 Å². The maximum Gasteiger partial charge on any atom is 0.262 e. The lowest BCUT2D eigenvalue weighted by Crippen LogP contribution is -2.50. The third-order valence-corrected chi connectivity index (χ3v) is 5.38. The molecule has 0 radical (unpaired) electrons. The number of aromatic nitrogens is 2. The van der Waals surface area contributed by atoms with Gasteiger partial charge in [-0.3, -0.25) is 29.3 Å². The SMILES string of the molecule is CC(C)C(C(=O)Nc1nnc(NS(C)(=O)=O)s1)N1C(=O)c2ccccc2C1=O. The summed E-state index contributed by atoms with van der Waals surface area (Å²) in [6.45, 7) is 3.43. The molecule has 1 aromatic carbocycles. The molecule has 0 spiro atoms. The molecule has 1 aliphatic heterocycles. The number of sulfonamides is 1. The van der Waals surface area contributed by atoms with Gasteiger partial charge in [-0.05, 0) is 18.1 Å². The first-order valence-electron chi connectivity index (χ1n) is 8.17. The highest BCUT2D eigenvalue weighted by molar-refractivity contribution is 7.92. The number of hydrogen-bond donors (Lipinski definition) is 2. The van der Waals surface area contributed by atoms with E-state index in [2.05, 4.69) is 20.2 Å². The van der Waals surface area contributed by atoms with Crippen LogP contribution in [-0.4, -0.2) is 53.5 Å². The summed E-state index contributed by atoms with van der Waals surface area (Å²) in [7, 11) is -3.53. The van der Waals surface area contributed by atoms with Gasteiger partial charge in [0.15, 0.2) is 0 Å². The number of carbonyl (C=O) groups is 3. The largest absolute Gasteiger partial charge is 0.299 e. The van der Waals surface area contributed by atoms with Gasteiger partial charge < -0.3 is 0 Å². The van der Waals surface area contributed by atoms with E-state index in [4.69, 9.17) is 0 Å². The zero-order valence-electron chi connectivity index (χ0n) is 15.2. The van der Waals surface area contributed by atoms with Gasteiger partial charge in [0.2, 0.25) is 26.2 Å². The van der Waals surface area contributed by atoms with E-state index in [1.807, 2.05) is 0 Å². The molecule has 2 heterocycles. The first kappa shape index (κ1) is 19.9. The number of fused-ring (bicyclic) bond motifs is 1. The van der Waals surface area contributed by atoms with Crippen LogP contribution in [0.3, 0.4) is 0 Å². The van der Waals surface area contributed by atoms with E-state index < -0.39 is 33.8 Å². The van der Waals surface area contributed by atoms with E-state index in [1.54, 1.807) is 38.1 Å². The Hall–Kier alpha value is -2.86. The maximum absolute atomic E-state index is 12.8. The zero-order valence-corrected chi connectivity index (χ0v) is 16.8. The summed E-state index contributed by atoms with van der Waals surface area (Å²) in [5.41, 5.74) is 0.503. The highest BCUT2D eigenvalue weighted by Crippen LogP contribution is 2.28. The summed E-state index contributed by atoms with van der Waals surface area (Å²) in [6.07, 6.45) is 0.962. The number of benzene rings is 1. The minimum absolute atomic E-state index is 0.0142. The summed E-state index contributed by atoms with van der Waals surface area (Å²) < 4.78 is 24.6. The number of hydrogen-bond acceptors (Lipinski definition) is 8. The Labute approximate surface area is 165 Å². The van der Waals surface area contributed by atoms with Crippen molar-refractivity contribution < 1.29 is 22.8 Å². The third kappa shape index (κ3) is 3.87. The van der Waals surface area contributed by atoms with Gasteiger partial charge in [0.1, 0.15) is 6.04 Å². The van der Waals surface area contributed by atoms with Crippen molar-refractivity contribution in [2.45, 2.75) is 19.9 Å². The molecule has 2 N–H and O–H groups in total. The smallest absolute Gasteiger partial charge is 0.262 e. The molecule has 10 nitrogen and oxygen atoms in total. The zero-order chi connectivity index (χ0) is 20.6. The highest BCUT2D eigenvalue weighted by Gasteiger charge is 2.44. The molecule has 28 heavy (non-hydrogen) atoms. The normalized spacial score (nSPS) is 14.9. The Bertz CT molecular complexity index is 1030. The predicted molar refractivity (Wildman–Crippen MR) is 103 cm³/mol. The summed E-state index contributed by atoms with van der Waals surface area (Å²) >= 11 is 0.816. The highest BCUT2D eigenvalue weighted by atomic mass is 32.2. The minimum Gasteiger partial charge on any atom is -0.299 e. The molecule has 3 rings (SSSR count). The standard InChI is InChI=1S/C16H17N5O5S2/c1-8(2)11(21-13(23)9-6-4-5-7-10(9)14(21)24)12(22)17-15-18-19-16(27-15)20-28(3,25)26/h4-8,11H,1-3H3,(H,19,20)(H,17,18,22). The topological polar surface area (TPSA) is 138 Å². The van der Waals surface area contributed by atoms with E-state index in [-0.39, 0.29) is 27.3 Å². The van der Waals surface area contributed by atoms with Crippen LogP contribution in [0.5, 0.6) is 0 Å². The fourth-order valence-corrected chi connectivity index (χ4v) is 4.31. The van der Waals surface area contributed by atoms with Gasteiger partial charge in [0, 0.05) is 0 Å². The van der Waals surface area contributed by atoms with Crippen molar-refractivity contribution in [3.8, 4) is 0 Å². The van der Waals surface area contributed by atoms with Crippen LogP contribution < -0.4 is 10.0 Å². The Morgan fingerprint density at radius 1 is 1.07 bits per heavy atom. The average Bonchev–Trinajstić information content (AvgIpc) is 3.11. The Morgan fingerprint density at radius 2 is 1.61 bits per heavy atom. The molecule has 1 aromatic heterocycles. The van der Waals surface area contributed by atoms with Gasteiger partial charge in [0.25, 0.3) is 11.8 Å². The van der Waals surface area contributed by atoms with Crippen LogP contribution in [0.15, 0.2) is 24.3 Å². The summed E-state index contributed by atoms with van der Waals surface area (Å²) in [5.74, 6) is -2.06. The van der Waals surface area contributed by atoms with Gasteiger partial charge >= 0.3 is 0 Å². The summed E-state index contributed by atoms with van der Waals surface area (Å²) in [4.78, 5) is 39.2. The van der Waals surface area contributed by atoms with Gasteiger partial charge in [-0.1, -0.05) is 37.3 Å². The van der Waals surface area contributed by atoms with Crippen molar-refractivity contribution in [1.82, 2.24) is 15.1 Å². The number of imide groups is 1. The van der Waals surface area contributed by atoms with Crippen molar-refractivity contribution >= 4 is 49.3 Å². The van der Waals surface area contributed by atoms with Crippen LogP contribution >= 0.6 is 11.3 Å². The molecular formula is C16H17N5O5S2. The molecular weight excluding hydrogens is 406 g/mol. The van der Waals surface area contributed by atoms with Gasteiger partial charge in [-0.25, -0.2) is 8.42 Å². The molecule has 2 aromatic rings. The predicted octanol–water partition coefficient (Wildman–Crippen LogP) is 1.17. The van der Waals surface area contributed by atoms with Crippen LogP contribution in [0.2, 0.25) is 0 Å². The van der Waals surface area contributed by atoms with Crippen LogP contribution in [0, 0.1) is 5.92 Å². The molecule has 0 fully saturated rings. The van der Waals surface area contributed by atoms with Crippen molar-refractivity contribution in [2.75, 3.05) is 16.3 Å². The lowest BCUT2D eigenvalue weighted by Gasteiger charge is -2.27. The molecule has 0 aliphatic carbocycles. The second kappa shape index (κ2) is 7.28. The van der Waals surface area contributed by atoms with Crippen LogP contribution in [-0.2, 0) is 14.8 Å². The maximum atomic E-state index is 12.8. The van der Waals surface area contributed by atoms with Crippen molar-refractivity contribution in [3.05, 3.63) is 35.4 Å². The Morgan fingerprint density at radius 3 is 2.11 bits per heavy atom. The second-order valence-electron chi connectivity index (χ2n) is 6.49. The van der Waals surface area contributed by atoms with Crippen molar-refractivity contribution in [3.63, 3.8) is 0 Å². The Kier molecular flexibility index (Phi) is 5.17. The third-order valence-electron chi connectivity index (χ3n) is 3.93. The minimum atomic E-state index is -3.53. The van der Waals surface area contributed by atoms with Crippen molar-refractivity contribution in [1.29, 1.82) is 0 Å². The Balaban J connectivity index is 1.83. The number of anilines is 2. The van der Waals surface area contributed by atoms with Gasteiger partial charge in [0.05, 0.1) is 17.4 Å². The average molecular weight is 423 g/mol. The molecule has 0 saturated heterocycles. The fraction of sp³-hybridized carbons (Fsp3) is 0.312. The van der Waals surface area contributed by atoms with Crippen LogP contribution in [0.4, 0.5) is 10.3 Å². The first-order valence-corrected chi connectivity index (χ1v) is 10.9. The lowest BCUT2D eigenvalue weighted by molar-refractivity contribution is -0.121. The van der Waals surface area contributed by atoms with E-state index in [0.717, 1.165) is 22.5 Å². The molecule has 12 heteroatoms. The molecule has 1 unspecified atom stereocenters. The number of nitrogens with one attached hydrogen (secondary N) is 2. The number of amides is 3. The molecule has 3 amide bonds. The van der Waals surface area contributed by atoms with E-state index >= 15 is 0 Å². The van der Waals surface area contributed by atoms with Crippen LogP contribution in [0.1, 0.15) is 34.6 Å². The molecule has 1 aliphatic rings. The van der Waals surface area contributed by atoms with E-state index in [9.17, 15) is 22.8 Å². The molecule has 1 atom stereocenters. The number of nitrogens with zero attached hydrogens (tertiary/aromatic N) is 3. The number of carbonyl (C=O) groups excluding carboxylic acids is 3. The quantitative estimate of drug-likeness (QED) is 0.665. The van der Waals surface area contributed by atoms with Gasteiger partial charge in [-0.15, -0.1) is 10.2 Å². The van der Waals surface area contributed by atoms with E-state index in [0.29, 0.717) is 0 Å². The fourth-order valence-electron chi connectivity index (χ4n) is 2.83. The molecule has 0 saturated carbocycles. The summed E-state index contributed by atoms with van der Waals surface area (Å²) in [5, 5.41) is 9.87. The lowest BCUT2D eigenvalue weighted by atomic mass is 10.0. The molecule has 0 bridgehead atoms. The molecule has 148 valence electrons. The van der Waals surface area contributed by atoms with Crippen molar-refractivity contribution in [2.24, 2.45) is 5.92 Å². The summed E-state index contributed by atoms with van der Waals surface area (Å²) in [6, 6.07) is 5.31. The first-order chi connectivity index (χ1) is 13.1. The second-order valence-corrected chi connectivity index (χ2v) is 9.22. The van der Waals surface area contributed by atoms with Crippen LogP contribution in [0.25, 0.3) is 0 Å². The number of rotatable bonds is 6. The van der Waals surface area contributed by atoms with Gasteiger partial charge in [-0.2, -0.15) is 0 Å².